The van der Waals surface area contributed by atoms with E-state index in [1.165, 1.54) is 0 Å². The standard InChI is InChI=1S/C13H10BrN/c14-13-7-2-1-5-11(13)8-9-12-6-3-4-10-15-12/h1-10H/b9-8-. The summed E-state index contributed by atoms with van der Waals surface area (Å²) in [6, 6.07) is 14.0. The van der Waals surface area contributed by atoms with Gasteiger partial charge in [-0.15, -0.1) is 0 Å². The van der Waals surface area contributed by atoms with Crippen LogP contribution in [0.5, 0.6) is 0 Å². The van der Waals surface area contributed by atoms with Crippen molar-refractivity contribution >= 4 is 28.1 Å². The minimum atomic E-state index is 0.966. The normalized spacial score (nSPS) is 10.7. The fourth-order valence-corrected chi connectivity index (χ4v) is 1.68. The quantitative estimate of drug-likeness (QED) is 0.794. The van der Waals surface area contributed by atoms with Gasteiger partial charge in [0.15, 0.2) is 0 Å². The van der Waals surface area contributed by atoms with E-state index in [1.807, 2.05) is 48.6 Å². The van der Waals surface area contributed by atoms with Gasteiger partial charge in [0.05, 0.1) is 5.69 Å². The number of aromatic nitrogens is 1. The van der Waals surface area contributed by atoms with E-state index in [9.17, 15) is 0 Å². The molecule has 2 heteroatoms. The molecule has 0 unspecified atom stereocenters. The Labute approximate surface area is 97.6 Å². The molecule has 0 saturated carbocycles. The fraction of sp³-hybridized carbons (Fsp3) is 0. The molecule has 1 heterocycles. The third-order valence-electron chi connectivity index (χ3n) is 2.03. The molecule has 15 heavy (non-hydrogen) atoms. The van der Waals surface area contributed by atoms with Crippen LogP contribution in [0.4, 0.5) is 0 Å². The summed E-state index contributed by atoms with van der Waals surface area (Å²) >= 11 is 3.50. The predicted molar refractivity (Wildman–Crippen MR) is 67.3 cm³/mol. The SMILES string of the molecule is Brc1ccccc1/C=C\c1ccccn1. The van der Waals surface area contributed by atoms with E-state index in [0.717, 1.165) is 15.7 Å². The number of pyridine rings is 1. The predicted octanol–water partition coefficient (Wildman–Crippen LogP) is 4.01. The summed E-state index contributed by atoms with van der Waals surface area (Å²) in [4.78, 5) is 4.22. The molecule has 1 aromatic heterocycles. The van der Waals surface area contributed by atoms with E-state index >= 15 is 0 Å². The average molecular weight is 260 g/mol. The Morgan fingerprint density at radius 1 is 0.933 bits per heavy atom. The van der Waals surface area contributed by atoms with Crippen LogP contribution in [0.3, 0.4) is 0 Å². The van der Waals surface area contributed by atoms with Crippen LogP contribution in [-0.2, 0) is 0 Å². The first kappa shape index (κ1) is 10.1. The van der Waals surface area contributed by atoms with Crippen molar-refractivity contribution in [3.8, 4) is 0 Å². The van der Waals surface area contributed by atoms with Crippen molar-refractivity contribution in [1.82, 2.24) is 4.98 Å². The Bertz CT molecular complexity index is 463. The monoisotopic (exact) mass is 259 g/mol. The molecule has 0 saturated heterocycles. The number of rotatable bonds is 2. The van der Waals surface area contributed by atoms with Gasteiger partial charge in [0.25, 0.3) is 0 Å². The van der Waals surface area contributed by atoms with Gasteiger partial charge >= 0.3 is 0 Å². The summed E-state index contributed by atoms with van der Waals surface area (Å²) in [6.07, 6.45) is 5.84. The number of hydrogen-bond acceptors (Lipinski definition) is 1. The molecular formula is C13H10BrN. The van der Waals surface area contributed by atoms with Gasteiger partial charge in [0.2, 0.25) is 0 Å². The molecular weight excluding hydrogens is 250 g/mol. The maximum atomic E-state index is 4.22. The highest BCUT2D eigenvalue weighted by Crippen LogP contribution is 2.17. The number of benzene rings is 1. The summed E-state index contributed by atoms with van der Waals surface area (Å²) in [5, 5.41) is 0. The molecule has 0 atom stereocenters. The summed E-state index contributed by atoms with van der Waals surface area (Å²) in [5.41, 5.74) is 2.12. The van der Waals surface area contributed by atoms with E-state index in [2.05, 4.69) is 27.0 Å². The summed E-state index contributed by atoms with van der Waals surface area (Å²) in [7, 11) is 0. The summed E-state index contributed by atoms with van der Waals surface area (Å²) < 4.78 is 1.09. The highest BCUT2D eigenvalue weighted by Gasteiger charge is 1.92. The number of halogens is 1. The third-order valence-corrected chi connectivity index (χ3v) is 2.75. The minimum Gasteiger partial charge on any atom is -0.257 e. The zero-order valence-electron chi connectivity index (χ0n) is 8.10. The van der Waals surface area contributed by atoms with Crippen LogP contribution < -0.4 is 0 Å². The summed E-state index contributed by atoms with van der Waals surface area (Å²) in [5.74, 6) is 0. The van der Waals surface area contributed by atoms with Crippen LogP contribution in [0.25, 0.3) is 12.2 Å². The highest BCUT2D eigenvalue weighted by atomic mass is 79.9. The zero-order valence-corrected chi connectivity index (χ0v) is 9.68. The van der Waals surface area contributed by atoms with Gasteiger partial charge < -0.3 is 0 Å². The van der Waals surface area contributed by atoms with E-state index < -0.39 is 0 Å². The van der Waals surface area contributed by atoms with Crippen LogP contribution in [0.1, 0.15) is 11.3 Å². The molecule has 0 aliphatic heterocycles. The second kappa shape index (κ2) is 4.89. The Balaban J connectivity index is 2.23. The fourth-order valence-electron chi connectivity index (χ4n) is 1.26. The van der Waals surface area contributed by atoms with Crippen molar-refractivity contribution in [3.63, 3.8) is 0 Å². The van der Waals surface area contributed by atoms with E-state index in [-0.39, 0.29) is 0 Å². The van der Waals surface area contributed by atoms with E-state index in [4.69, 9.17) is 0 Å². The lowest BCUT2D eigenvalue weighted by atomic mass is 10.2. The molecule has 0 aliphatic rings. The lowest BCUT2D eigenvalue weighted by Crippen LogP contribution is -1.77. The lowest BCUT2D eigenvalue weighted by Gasteiger charge is -1.96. The Morgan fingerprint density at radius 3 is 2.47 bits per heavy atom. The topological polar surface area (TPSA) is 12.9 Å². The first-order valence-corrected chi connectivity index (χ1v) is 5.49. The lowest BCUT2D eigenvalue weighted by molar-refractivity contribution is 1.30. The van der Waals surface area contributed by atoms with Crippen molar-refractivity contribution in [3.05, 3.63) is 64.4 Å². The van der Waals surface area contributed by atoms with Gasteiger partial charge in [-0.05, 0) is 29.8 Å². The van der Waals surface area contributed by atoms with E-state index in [0.29, 0.717) is 0 Å². The average Bonchev–Trinajstić information content (AvgIpc) is 2.29. The maximum absolute atomic E-state index is 4.22. The molecule has 0 amide bonds. The molecule has 0 fully saturated rings. The molecule has 0 spiro atoms. The van der Waals surface area contributed by atoms with E-state index in [1.54, 1.807) is 6.20 Å². The molecule has 0 aliphatic carbocycles. The largest absolute Gasteiger partial charge is 0.257 e. The second-order valence-electron chi connectivity index (χ2n) is 3.11. The van der Waals surface area contributed by atoms with Gasteiger partial charge in [-0.3, -0.25) is 4.98 Å². The Morgan fingerprint density at radius 2 is 1.73 bits per heavy atom. The Hall–Kier alpha value is -1.41. The molecule has 1 nitrogen and oxygen atoms in total. The van der Waals surface area contributed by atoms with Gasteiger partial charge in [0.1, 0.15) is 0 Å². The third kappa shape index (κ3) is 2.77. The van der Waals surface area contributed by atoms with Crippen LogP contribution in [-0.4, -0.2) is 4.98 Å². The molecule has 0 bridgehead atoms. The molecule has 74 valence electrons. The summed E-state index contributed by atoms with van der Waals surface area (Å²) in [6.45, 7) is 0. The zero-order chi connectivity index (χ0) is 10.5. The van der Waals surface area contributed by atoms with Gasteiger partial charge in [-0.25, -0.2) is 0 Å². The van der Waals surface area contributed by atoms with Crippen molar-refractivity contribution < 1.29 is 0 Å². The number of nitrogens with zero attached hydrogens (tertiary/aromatic N) is 1. The van der Waals surface area contributed by atoms with Crippen molar-refractivity contribution in [1.29, 1.82) is 0 Å². The second-order valence-corrected chi connectivity index (χ2v) is 3.96. The maximum Gasteiger partial charge on any atom is 0.0629 e. The molecule has 2 aromatic rings. The van der Waals surface area contributed by atoms with Crippen molar-refractivity contribution in [2.45, 2.75) is 0 Å². The molecule has 0 radical (unpaired) electrons. The molecule has 0 N–H and O–H groups in total. The Kier molecular flexibility index (Phi) is 3.30. The van der Waals surface area contributed by atoms with Crippen molar-refractivity contribution in [2.75, 3.05) is 0 Å². The van der Waals surface area contributed by atoms with Gasteiger partial charge in [0, 0.05) is 10.7 Å². The highest BCUT2D eigenvalue weighted by molar-refractivity contribution is 9.10. The van der Waals surface area contributed by atoms with Crippen LogP contribution in [0, 0.1) is 0 Å². The van der Waals surface area contributed by atoms with Crippen LogP contribution >= 0.6 is 15.9 Å². The first-order valence-electron chi connectivity index (χ1n) is 4.70. The molecule has 1 aromatic carbocycles. The first-order chi connectivity index (χ1) is 7.36. The van der Waals surface area contributed by atoms with Crippen LogP contribution in [0.2, 0.25) is 0 Å². The van der Waals surface area contributed by atoms with Crippen LogP contribution in [0.15, 0.2) is 53.1 Å². The molecule has 2 rings (SSSR count). The van der Waals surface area contributed by atoms with Gasteiger partial charge in [-0.2, -0.15) is 0 Å². The van der Waals surface area contributed by atoms with Gasteiger partial charge in [-0.1, -0.05) is 46.3 Å². The number of hydrogen-bond donors (Lipinski definition) is 0. The smallest absolute Gasteiger partial charge is 0.0629 e. The van der Waals surface area contributed by atoms with Crippen molar-refractivity contribution in [2.24, 2.45) is 0 Å². The minimum absolute atomic E-state index is 0.966.